The highest BCUT2D eigenvalue weighted by Crippen LogP contribution is 2.59. The Morgan fingerprint density at radius 3 is 0.878 bits per heavy atom. The predicted molar refractivity (Wildman–Crippen MR) is 152 cm³/mol. The molecule has 3 unspecified atom stereocenters. The van der Waals surface area contributed by atoms with E-state index in [1.165, 1.54) is 0 Å². The second kappa shape index (κ2) is 23.2. The Balaban J connectivity index is 7.07. The van der Waals surface area contributed by atoms with E-state index in [0.717, 1.165) is 0 Å². The van der Waals surface area contributed by atoms with Crippen LogP contribution in [0.1, 0.15) is 81.6 Å². The van der Waals surface area contributed by atoms with Crippen LogP contribution >= 0.6 is 7.82 Å². The molecular formula is C27H57O13P. The molecule has 0 aromatic carbocycles. The lowest BCUT2D eigenvalue weighted by Crippen LogP contribution is -2.50. The van der Waals surface area contributed by atoms with Crippen molar-refractivity contribution < 1.29 is 60.8 Å². The summed E-state index contributed by atoms with van der Waals surface area (Å²) in [5, 5.41) is 0. The van der Waals surface area contributed by atoms with E-state index in [0.29, 0.717) is 39.1 Å². The molecule has 0 aliphatic rings. The first kappa shape index (κ1) is 40.8. The molecule has 0 bridgehead atoms. The van der Waals surface area contributed by atoms with Crippen molar-refractivity contribution >= 4 is 7.82 Å². The van der Waals surface area contributed by atoms with Crippen LogP contribution in [-0.4, -0.2) is 97.2 Å². The third-order valence-electron chi connectivity index (χ3n) is 4.87. The van der Waals surface area contributed by atoms with Gasteiger partial charge in [-0.2, -0.15) is 0 Å². The average Bonchev–Trinajstić information content (AvgIpc) is 2.95. The molecule has 0 aliphatic carbocycles. The molecule has 0 rings (SSSR count). The summed E-state index contributed by atoms with van der Waals surface area (Å²) in [7, 11) is -4.90. The Morgan fingerprint density at radius 1 is 0.415 bits per heavy atom. The number of phosphoric ester groups is 1. The van der Waals surface area contributed by atoms with E-state index in [1.54, 1.807) is 41.5 Å². The van der Waals surface area contributed by atoms with E-state index in [9.17, 15) is 4.57 Å². The van der Waals surface area contributed by atoms with Gasteiger partial charge in [-0.05, 0) is 60.8 Å². The van der Waals surface area contributed by atoms with Gasteiger partial charge in [0.25, 0.3) is 0 Å². The van der Waals surface area contributed by atoms with Crippen LogP contribution < -0.4 is 0 Å². The minimum atomic E-state index is -4.90. The molecule has 0 aliphatic heterocycles. The van der Waals surface area contributed by atoms with Crippen LogP contribution in [-0.2, 0) is 60.8 Å². The quantitative estimate of drug-likeness (QED) is 0.0730. The van der Waals surface area contributed by atoms with Gasteiger partial charge in [0.2, 0.25) is 0 Å². The summed E-state index contributed by atoms with van der Waals surface area (Å²) < 4.78 is 85.7. The van der Waals surface area contributed by atoms with Gasteiger partial charge in [-0.25, -0.2) is 18.1 Å². The van der Waals surface area contributed by atoms with E-state index in [4.69, 9.17) is 56.2 Å². The summed E-state index contributed by atoms with van der Waals surface area (Å²) >= 11 is 0. The smallest absolute Gasteiger partial charge is 0.373 e. The average molecular weight is 621 g/mol. The van der Waals surface area contributed by atoms with E-state index in [2.05, 4.69) is 0 Å². The highest BCUT2D eigenvalue weighted by Gasteiger charge is 2.55. The first-order valence-electron chi connectivity index (χ1n) is 15.0. The zero-order valence-electron chi connectivity index (χ0n) is 26.9. The Morgan fingerprint density at radius 2 is 0.683 bits per heavy atom. The monoisotopic (exact) mass is 620 g/mol. The molecule has 0 saturated carbocycles. The van der Waals surface area contributed by atoms with Crippen molar-refractivity contribution in [1.29, 1.82) is 0 Å². The lowest BCUT2D eigenvalue weighted by molar-refractivity contribution is -0.407. The van der Waals surface area contributed by atoms with Gasteiger partial charge in [0.05, 0.1) is 19.8 Å². The third kappa shape index (κ3) is 15.9. The van der Waals surface area contributed by atoms with Crippen molar-refractivity contribution in [3.63, 3.8) is 0 Å². The Labute approximate surface area is 247 Å². The van der Waals surface area contributed by atoms with Gasteiger partial charge >= 0.3 is 25.7 Å². The molecular weight excluding hydrogens is 563 g/mol. The molecule has 0 radical (unpaired) electrons. The Hall–Kier alpha value is -0.250. The molecule has 3 atom stereocenters. The van der Waals surface area contributed by atoms with Gasteiger partial charge in [-0.15, -0.1) is 0 Å². The van der Waals surface area contributed by atoms with E-state index in [1.807, 2.05) is 20.8 Å². The molecule has 0 aromatic heterocycles. The van der Waals surface area contributed by atoms with Crippen LogP contribution in [0.2, 0.25) is 0 Å². The zero-order valence-corrected chi connectivity index (χ0v) is 27.8. The van der Waals surface area contributed by atoms with Crippen molar-refractivity contribution in [2.75, 3.05) is 79.3 Å². The summed E-state index contributed by atoms with van der Waals surface area (Å²) in [5.41, 5.74) is 0. The molecule has 0 spiro atoms. The lowest BCUT2D eigenvalue weighted by atomic mass is 10.5. The van der Waals surface area contributed by atoms with Crippen LogP contribution in [0.25, 0.3) is 0 Å². The number of hydrogen-bond acceptors (Lipinski definition) is 13. The summed E-state index contributed by atoms with van der Waals surface area (Å²) in [6.45, 7) is 17.4. The van der Waals surface area contributed by atoms with E-state index >= 15 is 0 Å². The van der Waals surface area contributed by atoms with Gasteiger partial charge < -0.3 is 42.6 Å². The molecule has 14 heteroatoms. The van der Waals surface area contributed by atoms with E-state index in [-0.39, 0.29) is 59.5 Å². The molecule has 0 amide bonds. The van der Waals surface area contributed by atoms with Gasteiger partial charge in [0.1, 0.15) is 19.8 Å². The molecule has 0 aromatic rings. The second-order valence-electron chi connectivity index (χ2n) is 8.53. The van der Waals surface area contributed by atoms with Crippen molar-refractivity contribution in [3.05, 3.63) is 0 Å². The highest BCUT2D eigenvalue weighted by molar-refractivity contribution is 7.48. The van der Waals surface area contributed by atoms with Crippen molar-refractivity contribution in [1.82, 2.24) is 0 Å². The number of rotatable bonds is 30. The van der Waals surface area contributed by atoms with Crippen LogP contribution in [0.15, 0.2) is 0 Å². The number of ether oxygens (including phenoxy) is 9. The zero-order chi connectivity index (χ0) is 31.1. The third-order valence-corrected chi connectivity index (χ3v) is 6.38. The standard InChI is InChI=1S/C27H57O13P/c1-10-19-35-25(32-16-7,22-29-13-4)38-41(28,39-26(33-17-8,23-30-14-5)36-20-11-2)40-27(34-18-9,24-31-15-6)37-21-12-3/h10-24H2,1-9H3. The van der Waals surface area contributed by atoms with Crippen molar-refractivity contribution in [2.24, 2.45) is 0 Å². The van der Waals surface area contributed by atoms with Crippen molar-refractivity contribution in [2.45, 2.75) is 99.5 Å². The molecule has 0 saturated heterocycles. The second-order valence-corrected chi connectivity index (χ2v) is 9.97. The fraction of sp³-hybridized carbons (Fsp3) is 1.00. The molecule has 0 fully saturated rings. The predicted octanol–water partition coefficient (Wildman–Crippen LogP) is 5.60. The highest BCUT2D eigenvalue weighted by atomic mass is 31.2. The lowest BCUT2D eigenvalue weighted by Gasteiger charge is -2.41. The minimum Gasteiger partial charge on any atom is -0.373 e. The van der Waals surface area contributed by atoms with Gasteiger partial charge in [0.15, 0.2) is 0 Å². The normalized spacial score (nSPS) is 18.0. The maximum Gasteiger partial charge on any atom is 0.488 e. The van der Waals surface area contributed by atoms with Gasteiger partial charge in [-0.3, -0.25) is 0 Å². The summed E-state index contributed by atoms with van der Waals surface area (Å²) in [6.07, 6.45) is 1.82. The largest absolute Gasteiger partial charge is 0.488 e. The minimum absolute atomic E-state index is 0.126. The summed E-state index contributed by atoms with van der Waals surface area (Å²) in [4.78, 5) is 0. The van der Waals surface area contributed by atoms with Crippen LogP contribution in [0, 0.1) is 0 Å². The fourth-order valence-electron chi connectivity index (χ4n) is 3.29. The van der Waals surface area contributed by atoms with Gasteiger partial charge in [-0.1, -0.05) is 20.8 Å². The number of phosphoric acid groups is 1. The van der Waals surface area contributed by atoms with E-state index < -0.39 is 25.7 Å². The Bertz CT molecular complexity index is 558. The molecule has 0 N–H and O–H groups in total. The Kier molecular flexibility index (Phi) is 23.0. The SMILES string of the molecule is CCCOC(COCC)(OCC)OP(=O)(OC(COCC)(OCC)OCCC)OC(COCC)(OCC)OCCC. The maximum atomic E-state index is 15.0. The first-order chi connectivity index (χ1) is 19.7. The summed E-state index contributed by atoms with van der Waals surface area (Å²) in [6, 6.07) is 0. The van der Waals surface area contributed by atoms with Crippen LogP contribution in [0.3, 0.4) is 0 Å². The molecule has 41 heavy (non-hydrogen) atoms. The van der Waals surface area contributed by atoms with Crippen molar-refractivity contribution in [3.8, 4) is 0 Å². The number of hydrogen-bond donors (Lipinski definition) is 0. The fourth-order valence-corrected chi connectivity index (χ4v) is 4.90. The van der Waals surface area contributed by atoms with Crippen LogP contribution in [0.4, 0.5) is 0 Å². The van der Waals surface area contributed by atoms with Gasteiger partial charge in [0, 0.05) is 39.6 Å². The molecule has 0 heterocycles. The maximum absolute atomic E-state index is 15.0. The summed E-state index contributed by atoms with van der Waals surface area (Å²) in [5.74, 6) is -5.96. The van der Waals surface area contributed by atoms with Crippen LogP contribution in [0.5, 0.6) is 0 Å². The molecule has 13 nitrogen and oxygen atoms in total. The molecule has 248 valence electrons. The first-order valence-corrected chi connectivity index (χ1v) is 16.4. The topological polar surface area (TPSA) is 128 Å².